The van der Waals surface area contributed by atoms with E-state index in [9.17, 15) is 0 Å². The molecule has 0 radical (unpaired) electrons. The number of hydrogen-bond donors (Lipinski definition) is 0. The van der Waals surface area contributed by atoms with E-state index in [0.29, 0.717) is 0 Å². The fourth-order valence-corrected chi connectivity index (χ4v) is 7.31. The molecule has 4 nitrogen and oxygen atoms in total. The first kappa shape index (κ1) is 24.3. The molecule has 1 aliphatic heterocycles. The van der Waals surface area contributed by atoms with Crippen LogP contribution in [0.1, 0.15) is 0 Å². The summed E-state index contributed by atoms with van der Waals surface area (Å²) >= 11 is 0. The van der Waals surface area contributed by atoms with Crippen molar-refractivity contribution in [2.24, 2.45) is 0 Å². The van der Waals surface area contributed by atoms with Crippen molar-refractivity contribution in [1.29, 1.82) is 0 Å². The summed E-state index contributed by atoms with van der Waals surface area (Å²) in [6.45, 7) is 0. The van der Waals surface area contributed by atoms with Gasteiger partial charge in [0.15, 0.2) is 0 Å². The van der Waals surface area contributed by atoms with Crippen LogP contribution in [0, 0.1) is 0 Å². The highest BCUT2D eigenvalue weighted by Crippen LogP contribution is 2.49. The summed E-state index contributed by atoms with van der Waals surface area (Å²) in [7, 11) is 0. The second kappa shape index (κ2) is 9.18. The lowest BCUT2D eigenvalue weighted by Gasteiger charge is -2.25. The van der Waals surface area contributed by atoms with Crippen molar-refractivity contribution in [2.45, 2.75) is 0 Å². The van der Waals surface area contributed by atoms with Gasteiger partial charge in [0.2, 0.25) is 5.95 Å². The van der Waals surface area contributed by atoms with Crippen LogP contribution in [-0.2, 0) is 0 Å². The molecule has 0 amide bonds. The first-order valence-corrected chi connectivity index (χ1v) is 15.3. The summed E-state index contributed by atoms with van der Waals surface area (Å²) in [6.07, 6.45) is 0. The zero-order valence-electron chi connectivity index (χ0n) is 24.3. The molecule has 9 aromatic rings. The molecule has 0 saturated heterocycles. The Morgan fingerprint density at radius 1 is 0.422 bits per heavy atom. The molecule has 10 rings (SSSR count). The third-order valence-corrected chi connectivity index (χ3v) is 9.23. The fraction of sp³-hybridized carbons (Fsp3) is 0. The molecule has 0 spiro atoms. The lowest BCUT2D eigenvalue weighted by atomic mass is 10.0. The Hall–Kier alpha value is -6.13. The second-order valence-electron chi connectivity index (χ2n) is 11.7. The van der Waals surface area contributed by atoms with Gasteiger partial charge in [-0.05, 0) is 53.9 Å². The Morgan fingerprint density at radius 3 is 1.96 bits per heavy atom. The predicted molar refractivity (Wildman–Crippen MR) is 187 cm³/mol. The summed E-state index contributed by atoms with van der Waals surface area (Å²) in [5.41, 5.74) is 11.2. The van der Waals surface area contributed by atoms with Gasteiger partial charge in [-0.15, -0.1) is 0 Å². The normalized spacial score (nSPS) is 12.4. The predicted octanol–water partition coefficient (Wildman–Crippen LogP) is 10.7. The van der Waals surface area contributed by atoms with E-state index in [-0.39, 0.29) is 0 Å². The third kappa shape index (κ3) is 3.39. The molecule has 0 aliphatic carbocycles. The Balaban J connectivity index is 1.34. The molecule has 210 valence electrons. The van der Waals surface area contributed by atoms with E-state index in [1.807, 2.05) is 0 Å². The maximum atomic E-state index is 5.40. The highest BCUT2D eigenvalue weighted by atomic mass is 15.3. The lowest BCUT2D eigenvalue weighted by Crippen LogP contribution is -2.14. The van der Waals surface area contributed by atoms with Crippen LogP contribution in [0.2, 0.25) is 0 Å². The quantitative estimate of drug-likeness (QED) is 0.205. The van der Waals surface area contributed by atoms with Gasteiger partial charge < -0.3 is 4.57 Å². The Morgan fingerprint density at radius 2 is 1.09 bits per heavy atom. The number of benzene rings is 7. The summed E-state index contributed by atoms with van der Waals surface area (Å²) in [4.78, 5) is 7.75. The lowest BCUT2D eigenvalue weighted by molar-refractivity contribution is 1.05. The second-order valence-corrected chi connectivity index (χ2v) is 11.7. The average molecular weight is 575 g/mol. The molecule has 0 atom stereocenters. The number of para-hydroxylation sites is 4. The number of nitrogens with zero attached hydrogens (tertiary/aromatic N) is 4. The Kier molecular flexibility index (Phi) is 4.96. The minimum atomic E-state index is 0.875. The van der Waals surface area contributed by atoms with E-state index >= 15 is 0 Å². The number of fused-ring (bicyclic) bond motifs is 12. The molecule has 45 heavy (non-hydrogen) atoms. The van der Waals surface area contributed by atoms with Gasteiger partial charge in [-0.2, -0.15) is 0 Å². The maximum absolute atomic E-state index is 5.40. The molecule has 0 unspecified atom stereocenters. The Labute approximate surface area is 259 Å². The minimum absolute atomic E-state index is 0.875. The monoisotopic (exact) mass is 574 g/mol. The van der Waals surface area contributed by atoms with Gasteiger partial charge in [0.25, 0.3) is 0 Å². The summed E-state index contributed by atoms with van der Waals surface area (Å²) in [5, 5.41) is 4.86. The minimum Gasteiger partial charge on any atom is -0.309 e. The average Bonchev–Trinajstić information content (AvgIpc) is 3.61. The van der Waals surface area contributed by atoms with E-state index in [1.165, 1.54) is 38.2 Å². The van der Waals surface area contributed by atoms with E-state index in [2.05, 4.69) is 172 Å². The van der Waals surface area contributed by atoms with Crippen molar-refractivity contribution in [3.05, 3.63) is 158 Å². The van der Waals surface area contributed by atoms with Crippen molar-refractivity contribution in [3.8, 4) is 22.5 Å². The number of aromatic nitrogens is 3. The molecule has 1 aliphatic rings. The van der Waals surface area contributed by atoms with Crippen molar-refractivity contribution >= 4 is 60.9 Å². The van der Waals surface area contributed by atoms with E-state index in [0.717, 1.165) is 45.2 Å². The summed E-state index contributed by atoms with van der Waals surface area (Å²) in [5.74, 6) is 0.875. The molecule has 7 aromatic carbocycles. The van der Waals surface area contributed by atoms with Crippen molar-refractivity contribution in [2.75, 3.05) is 4.90 Å². The van der Waals surface area contributed by atoms with Crippen LogP contribution in [0.4, 0.5) is 17.3 Å². The highest BCUT2D eigenvalue weighted by molar-refractivity contribution is 6.11. The number of imidazole rings is 1. The SMILES string of the molecule is c1ccc(-n2c3ccccc3c3ccc(N4c5ccccc5-c5ccccc5-n5c4nc4ccc6ccccc6c45)cc32)cc1. The topological polar surface area (TPSA) is 26.0 Å². The number of rotatable bonds is 2. The van der Waals surface area contributed by atoms with Gasteiger partial charge in [0, 0.05) is 33.0 Å². The van der Waals surface area contributed by atoms with Gasteiger partial charge in [-0.3, -0.25) is 9.47 Å². The first-order chi connectivity index (χ1) is 22.3. The fourth-order valence-electron chi connectivity index (χ4n) is 7.31. The van der Waals surface area contributed by atoms with Crippen LogP contribution in [0.5, 0.6) is 0 Å². The standard InChI is InChI=1S/C41H26N4/c1-2-13-28(14-3-1)43-36-19-9-6-18-33(36)34-24-23-29(26-39(34)43)44-37-20-10-7-16-31(37)32-17-8-11-21-38(32)45-40-30-15-5-4-12-27(30)22-25-35(40)42-41(44)45/h1-26H. The third-order valence-electron chi connectivity index (χ3n) is 9.23. The van der Waals surface area contributed by atoms with Gasteiger partial charge in [0.05, 0.1) is 39.1 Å². The van der Waals surface area contributed by atoms with Crippen molar-refractivity contribution in [3.63, 3.8) is 0 Å². The van der Waals surface area contributed by atoms with Crippen LogP contribution < -0.4 is 4.90 Å². The molecular formula is C41H26N4. The smallest absolute Gasteiger partial charge is 0.220 e. The molecule has 0 N–H and O–H groups in total. The van der Waals surface area contributed by atoms with Gasteiger partial charge in [-0.25, -0.2) is 4.98 Å². The maximum Gasteiger partial charge on any atom is 0.220 e. The van der Waals surface area contributed by atoms with Crippen LogP contribution in [0.25, 0.3) is 66.1 Å². The van der Waals surface area contributed by atoms with E-state index in [4.69, 9.17) is 4.98 Å². The van der Waals surface area contributed by atoms with E-state index in [1.54, 1.807) is 0 Å². The molecule has 3 heterocycles. The molecule has 0 bridgehead atoms. The summed E-state index contributed by atoms with van der Waals surface area (Å²) in [6, 6.07) is 56.5. The number of hydrogen-bond acceptors (Lipinski definition) is 2. The van der Waals surface area contributed by atoms with Crippen LogP contribution in [-0.4, -0.2) is 14.1 Å². The van der Waals surface area contributed by atoms with Crippen LogP contribution in [0.15, 0.2) is 158 Å². The highest BCUT2D eigenvalue weighted by Gasteiger charge is 2.30. The summed E-state index contributed by atoms with van der Waals surface area (Å²) < 4.78 is 4.74. The molecule has 4 heteroatoms. The zero-order chi connectivity index (χ0) is 29.5. The zero-order valence-corrected chi connectivity index (χ0v) is 24.3. The van der Waals surface area contributed by atoms with Crippen molar-refractivity contribution < 1.29 is 0 Å². The van der Waals surface area contributed by atoms with Crippen LogP contribution >= 0.6 is 0 Å². The molecule has 2 aromatic heterocycles. The first-order valence-electron chi connectivity index (χ1n) is 15.3. The molecular weight excluding hydrogens is 548 g/mol. The van der Waals surface area contributed by atoms with Crippen LogP contribution in [0.3, 0.4) is 0 Å². The van der Waals surface area contributed by atoms with Crippen molar-refractivity contribution in [1.82, 2.24) is 14.1 Å². The van der Waals surface area contributed by atoms with E-state index < -0.39 is 0 Å². The molecule has 0 saturated carbocycles. The van der Waals surface area contributed by atoms with Gasteiger partial charge in [0.1, 0.15) is 0 Å². The number of anilines is 3. The Bertz CT molecular complexity index is 2610. The van der Waals surface area contributed by atoms with Gasteiger partial charge >= 0.3 is 0 Å². The molecule has 0 fully saturated rings. The largest absolute Gasteiger partial charge is 0.309 e. The van der Waals surface area contributed by atoms with Gasteiger partial charge in [-0.1, -0.05) is 109 Å².